The number of aromatic nitrogens is 1. The molecule has 0 N–H and O–H groups in total. The first-order chi connectivity index (χ1) is 14.1. The molecule has 10 heteroatoms. The number of nitro benzene ring substituents is 1. The smallest absolute Gasteiger partial charge is 0.269 e. The fourth-order valence-corrected chi connectivity index (χ4v) is 3.13. The third-order valence-electron chi connectivity index (χ3n) is 4.63. The molecule has 1 aliphatic heterocycles. The number of anilines is 1. The first kappa shape index (κ1) is 18.2. The Labute approximate surface area is 164 Å². The fourth-order valence-electron chi connectivity index (χ4n) is 3.13. The van der Waals surface area contributed by atoms with Gasteiger partial charge in [-0.25, -0.2) is 0 Å². The second-order valence-corrected chi connectivity index (χ2v) is 6.35. The minimum atomic E-state index is -0.506. The van der Waals surface area contributed by atoms with E-state index in [-0.39, 0.29) is 23.2 Å². The largest absolute Gasteiger partial charge is 0.459 e. The first-order valence-corrected chi connectivity index (χ1v) is 8.80. The number of nitro groups is 1. The zero-order chi connectivity index (χ0) is 20.4. The van der Waals surface area contributed by atoms with Gasteiger partial charge >= 0.3 is 0 Å². The molecule has 3 aromatic rings. The van der Waals surface area contributed by atoms with Crippen molar-refractivity contribution in [2.24, 2.45) is 0 Å². The highest BCUT2D eigenvalue weighted by Crippen LogP contribution is 2.29. The normalized spacial score (nSPS) is 13.9. The molecule has 29 heavy (non-hydrogen) atoms. The minimum absolute atomic E-state index is 0.0620. The molecule has 0 aliphatic carbocycles. The van der Waals surface area contributed by atoms with Gasteiger partial charge in [-0.05, 0) is 24.3 Å². The average Bonchev–Trinajstić information content (AvgIpc) is 3.43. The molecule has 146 valence electrons. The molecule has 1 amide bonds. The van der Waals surface area contributed by atoms with Gasteiger partial charge in [-0.2, -0.15) is 10.2 Å². The Morgan fingerprint density at radius 1 is 1.17 bits per heavy atom. The summed E-state index contributed by atoms with van der Waals surface area (Å²) in [5, 5.41) is 20.1. The lowest BCUT2D eigenvalue weighted by Crippen LogP contribution is -2.48. The Hall–Kier alpha value is -4.13. The van der Waals surface area contributed by atoms with Gasteiger partial charge in [-0.3, -0.25) is 14.9 Å². The Balaban J connectivity index is 1.45. The number of piperazine rings is 1. The maximum Gasteiger partial charge on any atom is 0.269 e. The van der Waals surface area contributed by atoms with Crippen LogP contribution in [0.15, 0.2) is 51.5 Å². The molecular formula is C19H15N5O5. The zero-order valence-electron chi connectivity index (χ0n) is 15.1. The molecule has 0 spiro atoms. The van der Waals surface area contributed by atoms with E-state index >= 15 is 0 Å². The summed E-state index contributed by atoms with van der Waals surface area (Å²) in [4.78, 5) is 30.6. The van der Waals surface area contributed by atoms with Crippen LogP contribution in [0.2, 0.25) is 0 Å². The summed E-state index contributed by atoms with van der Waals surface area (Å²) in [6.07, 6.45) is 1.49. The molecule has 0 saturated carbocycles. The van der Waals surface area contributed by atoms with E-state index in [2.05, 4.69) is 4.98 Å². The molecule has 2 aromatic heterocycles. The Morgan fingerprint density at radius 2 is 1.90 bits per heavy atom. The van der Waals surface area contributed by atoms with E-state index in [1.807, 2.05) is 11.0 Å². The van der Waals surface area contributed by atoms with Crippen molar-refractivity contribution >= 4 is 17.5 Å². The van der Waals surface area contributed by atoms with Crippen molar-refractivity contribution in [3.8, 4) is 17.7 Å². The number of amides is 1. The summed E-state index contributed by atoms with van der Waals surface area (Å²) in [6, 6.07) is 10.9. The summed E-state index contributed by atoms with van der Waals surface area (Å²) in [6.45, 7) is 1.75. The highest BCUT2D eigenvalue weighted by molar-refractivity contribution is 5.94. The van der Waals surface area contributed by atoms with Crippen LogP contribution >= 0.6 is 0 Å². The minimum Gasteiger partial charge on any atom is -0.459 e. The standard InChI is InChI=1S/C19H15N5O5/c20-12-15-19(29-17(21-15)16-2-1-11-28-16)23-9-7-22(8-10-23)18(25)13-3-5-14(6-4-13)24(26)27/h1-6,11H,7-10H2. The van der Waals surface area contributed by atoms with Crippen molar-refractivity contribution in [2.75, 3.05) is 31.1 Å². The number of hydrogen-bond acceptors (Lipinski definition) is 8. The predicted octanol–water partition coefficient (Wildman–Crippen LogP) is 2.68. The van der Waals surface area contributed by atoms with Gasteiger partial charge < -0.3 is 18.6 Å². The monoisotopic (exact) mass is 393 g/mol. The van der Waals surface area contributed by atoms with Crippen molar-refractivity contribution in [1.29, 1.82) is 5.26 Å². The SMILES string of the molecule is N#Cc1nc(-c2ccco2)oc1N1CCN(C(=O)c2ccc([N+](=O)[O-])cc2)CC1. The van der Waals surface area contributed by atoms with E-state index in [9.17, 15) is 20.2 Å². The van der Waals surface area contributed by atoms with Gasteiger partial charge in [0.1, 0.15) is 6.07 Å². The summed E-state index contributed by atoms with van der Waals surface area (Å²) in [5.74, 6) is 0.806. The molecule has 4 rings (SSSR count). The van der Waals surface area contributed by atoms with Gasteiger partial charge in [0.05, 0.1) is 11.2 Å². The fraction of sp³-hybridized carbons (Fsp3) is 0.211. The van der Waals surface area contributed by atoms with Crippen LogP contribution in [0.3, 0.4) is 0 Å². The van der Waals surface area contributed by atoms with Crippen LogP contribution in [-0.2, 0) is 0 Å². The second-order valence-electron chi connectivity index (χ2n) is 6.35. The number of oxazole rings is 1. The van der Waals surface area contributed by atoms with E-state index in [0.29, 0.717) is 43.4 Å². The Bertz CT molecular complexity index is 1070. The third kappa shape index (κ3) is 3.53. The quantitative estimate of drug-likeness (QED) is 0.488. The van der Waals surface area contributed by atoms with Gasteiger partial charge in [0.25, 0.3) is 17.5 Å². The van der Waals surface area contributed by atoms with Crippen LogP contribution in [0.25, 0.3) is 11.7 Å². The molecule has 0 bridgehead atoms. The van der Waals surface area contributed by atoms with Crippen molar-refractivity contribution < 1.29 is 18.6 Å². The first-order valence-electron chi connectivity index (χ1n) is 8.80. The van der Waals surface area contributed by atoms with Crippen molar-refractivity contribution in [3.63, 3.8) is 0 Å². The number of nitrogens with zero attached hydrogens (tertiary/aromatic N) is 5. The number of hydrogen-bond donors (Lipinski definition) is 0. The summed E-state index contributed by atoms with van der Waals surface area (Å²) >= 11 is 0. The number of furan rings is 1. The second kappa shape index (κ2) is 7.47. The summed E-state index contributed by atoms with van der Waals surface area (Å²) in [7, 11) is 0. The lowest BCUT2D eigenvalue weighted by molar-refractivity contribution is -0.384. The van der Waals surface area contributed by atoms with Crippen molar-refractivity contribution in [1.82, 2.24) is 9.88 Å². The Kier molecular flexibility index (Phi) is 4.70. The molecule has 10 nitrogen and oxygen atoms in total. The molecule has 0 atom stereocenters. The number of nitriles is 1. The van der Waals surface area contributed by atoms with E-state index in [1.165, 1.54) is 30.5 Å². The van der Waals surface area contributed by atoms with Gasteiger partial charge in [-0.15, -0.1) is 0 Å². The van der Waals surface area contributed by atoms with Crippen molar-refractivity contribution in [3.05, 3.63) is 64.0 Å². The number of carbonyl (C=O) groups is 1. The molecule has 3 heterocycles. The lowest BCUT2D eigenvalue weighted by Gasteiger charge is -2.34. The molecular weight excluding hydrogens is 378 g/mol. The maximum atomic E-state index is 12.6. The van der Waals surface area contributed by atoms with Crippen molar-refractivity contribution in [2.45, 2.75) is 0 Å². The average molecular weight is 393 g/mol. The molecule has 0 unspecified atom stereocenters. The van der Waals surface area contributed by atoms with Crippen LogP contribution < -0.4 is 4.90 Å². The summed E-state index contributed by atoms with van der Waals surface area (Å²) < 4.78 is 11.0. The van der Waals surface area contributed by atoms with Gasteiger partial charge in [0.15, 0.2) is 5.76 Å². The molecule has 1 aromatic carbocycles. The Morgan fingerprint density at radius 3 is 2.48 bits per heavy atom. The predicted molar refractivity (Wildman–Crippen MR) is 100 cm³/mol. The van der Waals surface area contributed by atoms with E-state index < -0.39 is 4.92 Å². The number of benzene rings is 1. The van der Waals surface area contributed by atoms with Gasteiger partial charge in [0, 0.05) is 43.9 Å². The molecule has 1 aliphatic rings. The van der Waals surface area contributed by atoms with E-state index in [0.717, 1.165) is 0 Å². The summed E-state index contributed by atoms with van der Waals surface area (Å²) in [5.41, 5.74) is 0.487. The van der Waals surface area contributed by atoms with Gasteiger partial charge in [0.2, 0.25) is 11.6 Å². The number of non-ortho nitro benzene ring substituents is 1. The zero-order valence-corrected chi connectivity index (χ0v) is 15.1. The highest BCUT2D eigenvalue weighted by Gasteiger charge is 2.27. The molecule has 0 radical (unpaired) electrons. The van der Waals surface area contributed by atoms with E-state index in [4.69, 9.17) is 8.83 Å². The van der Waals surface area contributed by atoms with Crippen LogP contribution in [0.5, 0.6) is 0 Å². The molecule has 1 fully saturated rings. The number of carbonyl (C=O) groups excluding carboxylic acids is 1. The lowest BCUT2D eigenvalue weighted by atomic mass is 10.1. The third-order valence-corrected chi connectivity index (χ3v) is 4.63. The van der Waals surface area contributed by atoms with Crippen LogP contribution in [-0.4, -0.2) is 46.9 Å². The highest BCUT2D eigenvalue weighted by atomic mass is 16.6. The van der Waals surface area contributed by atoms with E-state index in [1.54, 1.807) is 17.0 Å². The molecule has 1 saturated heterocycles. The topological polar surface area (TPSA) is 130 Å². The number of rotatable bonds is 4. The maximum absolute atomic E-state index is 12.6. The van der Waals surface area contributed by atoms with Crippen LogP contribution in [0.4, 0.5) is 11.6 Å². The van der Waals surface area contributed by atoms with Crippen LogP contribution in [0.1, 0.15) is 16.1 Å². The van der Waals surface area contributed by atoms with Crippen LogP contribution in [0, 0.1) is 21.4 Å². The van der Waals surface area contributed by atoms with Gasteiger partial charge in [-0.1, -0.05) is 0 Å².